The van der Waals surface area contributed by atoms with Crippen molar-refractivity contribution in [2.24, 2.45) is 5.73 Å². The molecule has 0 amide bonds. The lowest BCUT2D eigenvalue weighted by Crippen LogP contribution is -2.21. The van der Waals surface area contributed by atoms with Crippen LogP contribution in [-0.4, -0.2) is 28.8 Å². The SMILES string of the molecule is CCCOCCn1cc(CC(N)CC)c2cccnc21. The van der Waals surface area contributed by atoms with Gasteiger partial charge in [0.2, 0.25) is 0 Å². The molecule has 4 heteroatoms. The van der Waals surface area contributed by atoms with Crippen molar-refractivity contribution in [2.75, 3.05) is 13.2 Å². The van der Waals surface area contributed by atoms with E-state index in [9.17, 15) is 0 Å². The molecule has 0 aliphatic heterocycles. The number of nitrogens with two attached hydrogens (primary N) is 1. The van der Waals surface area contributed by atoms with Crippen molar-refractivity contribution < 1.29 is 4.74 Å². The number of ether oxygens (including phenoxy) is 1. The molecule has 2 heterocycles. The Balaban J connectivity index is 2.17. The van der Waals surface area contributed by atoms with Gasteiger partial charge in [0.15, 0.2) is 0 Å². The van der Waals surface area contributed by atoms with Crippen LogP contribution >= 0.6 is 0 Å². The molecule has 2 rings (SSSR count). The molecule has 0 bridgehead atoms. The second-order valence-corrected chi connectivity index (χ2v) is 5.21. The smallest absolute Gasteiger partial charge is 0.140 e. The monoisotopic (exact) mass is 275 g/mol. The van der Waals surface area contributed by atoms with Crippen molar-refractivity contribution in [3.05, 3.63) is 30.1 Å². The van der Waals surface area contributed by atoms with Gasteiger partial charge >= 0.3 is 0 Å². The van der Waals surface area contributed by atoms with Gasteiger partial charge in [-0.05, 0) is 37.0 Å². The molecular weight excluding hydrogens is 250 g/mol. The summed E-state index contributed by atoms with van der Waals surface area (Å²) in [5.74, 6) is 0. The normalized spacial score (nSPS) is 12.9. The molecule has 20 heavy (non-hydrogen) atoms. The highest BCUT2D eigenvalue weighted by Crippen LogP contribution is 2.21. The Morgan fingerprint density at radius 1 is 1.35 bits per heavy atom. The number of hydrogen-bond donors (Lipinski definition) is 1. The van der Waals surface area contributed by atoms with Crippen LogP contribution < -0.4 is 5.73 Å². The Morgan fingerprint density at radius 2 is 2.20 bits per heavy atom. The van der Waals surface area contributed by atoms with Crippen LogP contribution in [0.2, 0.25) is 0 Å². The van der Waals surface area contributed by atoms with E-state index >= 15 is 0 Å². The molecule has 0 radical (unpaired) electrons. The first kappa shape index (κ1) is 15.0. The maximum absolute atomic E-state index is 6.09. The predicted molar refractivity (Wildman–Crippen MR) is 82.8 cm³/mol. The van der Waals surface area contributed by atoms with Crippen LogP contribution in [0.4, 0.5) is 0 Å². The molecular formula is C16H25N3O. The standard InChI is InChI=1S/C16H25N3O/c1-3-9-20-10-8-19-12-13(11-14(17)4-2)15-6-5-7-18-16(15)19/h5-7,12,14H,3-4,8-11,17H2,1-2H3. The molecule has 110 valence electrons. The van der Waals surface area contributed by atoms with Gasteiger partial charge in [-0.2, -0.15) is 0 Å². The summed E-state index contributed by atoms with van der Waals surface area (Å²) in [6, 6.07) is 4.33. The van der Waals surface area contributed by atoms with Crippen molar-refractivity contribution >= 4 is 11.0 Å². The molecule has 0 aliphatic rings. The fraction of sp³-hybridized carbons (Fsp3) is 0.562. The third kappa shape index (κ3) is 3.58. The molecule has 4 nitrogen and oxygen atoms in total. The highest BCUT2D eigenvalue weighted by atomic mass is 16.5. The summed E-state index contributed by atoms with van der Waals surface area (Å²) in [6.45, 7) is 6.64. The van der Waals surface area contributed by atoms with E-state index in [1.165, 1.54) is 10.9 Å². The minimum Gasteiger partial charge on any atom is -0.380 e. The highest BCUT2D eigenvalue weighted by molar-refractivity contribution is 5.80. The van der Waals surface area contributed by atoms with E-state index < -0.39 is 0 Å². The van der Waals surface area contributed by atoms with E-state index in [-0.39, 0.29) is 6.04 Å². The molecule has 2 N–H and O–H groups in total. The molecule has 0 fully saturated rings. The van der Waals surface area contributed by atoms with E-state index in [0.29, 0.717) is 0 Å². The van der Waals surface area contributed by atoms with Crippen LogP contribution in [-0.2, 0) is 17.7 Å². The van der Waals surface area contributed by atoms with Crippen molar-refractivity contribution in [3.8, 4) is 0 Å². The summed E-state index contributed by atoms with van der Waals surface area (Å²) in [4.78, 5) is 4.50. The Kier molecular flexibility index (Phi) is 5.56. The van der Waals surface area contributed by atoms with Gasteiger partial charge in [-0.1, -0.05) is 13.8 Å². The third-order valence-corrected chi connectivity index (χ3v) is 3.55. The fourth-order valence-electron chi connectivity index (χ4n) is 2.36. The quantitative estimate of drug-likeness (QED) is 0.754. The van der Waals surface area contributed by atoms with Crippen molar-refractivity contribution in [3.63, 3.8) is 0 Å². The predicted octanol–water partition coefficient (Wildman–Crippen LogP) is 2.74. The molecule has 0 aliphatic carbocycles. The maximum atomic E-state index is 6.09. The summed E-state index contributed by atoms with van der Waals surface area (Å²) in [5, 5.41) is 1.21. The molecule has 0 aromatic carbocycles. The molecule has 2 aromatic rings. The molecule has 2 aromatic heterocycles. The van der Waals surface area contributed by atoms with E-state index in [2.05, 4.69) is 35.7 Å². The number of nitrogens with zero attached hydrogens (tertiary/aromatic N) is 2. The lowest BCUT2D eigenvalue weighted by molar-refractivity contribution is 0.127. The Bertz CT molecular complexity index is 536. The summed E-state index contributed by atoms with van der Waals surface area (Å²) < 4.78 is 7.76. The second kappa shape index (κ2) is 7.41. The van der Waals surface area contributed by atoms with Gasteiger partial charge in [0.1, 0.15) is 5.65 Å². The largest absolute Gasteiger partial charge is 0.380 e. The highest BCUT2D eigenvalue weighted by Gasteiger charge is 2.11. The van der Waals surface area contributed by atoms with Crippen LogP contribution in [0.1, 0.15) is 32.3 Å². The number of fused-ring (bicyclic) bond motifs is 1. The Morgan fingerprint density at radius 3 is 2.95 bits per heavy atom. The first-order valence-corrected chi connectivity index (χ1v) is 7.52. The van der Waals surface area contributed by atoms with Crippen LogP contribution in [0.25, 0.3) is 11.0 Å². The summed E-state index contributed by atoms with van der Waals surface area (Å²) in [7, 11) is 0. The first-order chi connectivity index (χ1) is 9.76. The molecule has 1 atom stereocenters. The lowest BCUT2D eigenvalue weighted by Gasteiger charge is -2.06. The lowest BCUT2D eigenvalue weighted by atomic mass is 10.1. The number of pyridine rings is 1. The maximum Gasteiger partial charge on any atom is 0.140 e. The second-order valence-electron chi connectivity index (χ2n) is 5.21. The van der Waals surface area contributed by atoms with Gasteiger partial charge in [0.25, 0.3) is 0 Å². The van der Waals surface area contributed by atoms with Gasteiger partial charge in [-0.3, -0.25) is 0 Å². The average Bonchev–Trinajstić information content (AvgIpc) is 2.82. The number of aromatic nitrogens is 2. The van der Waals surface area contributed by atoms with Crippen LogP contribution in [0.15, 0.2) is 24.5 Å². The zero-order valence-corrected chi connectivity index (χ0v) is 12.5. The minimum absolute atomic E-state index is 0.214. The minimum atomic E-state index is 0.214. The molecule has 0 saturated carbocycles. The average molecular weight is 275 g/mol. The van der Waals surface area contributed by atoms with Gasteiger partial charge in [-0.15, -0.1) is 0 Å². The van der Waals surface area contributed by atoms with E-state index in [1.54, 1.807) is 0 Å². The van der Waals surface area contributed by atoms with Crippen LogP contribution in [0.3, 0.4) is 0 Å². The van der Waals surface area contributed by atoms with Gasteiger partial charge in [0.05, 0.1) is 6.61 Å². The number of rotatable bonds is 8. The van der Waals surface area contributed by atoms with Crippen molar-refractivity contribution in [1.82, 2.24) is 9.55 Å². The zero-order chi connectivity index (χ0) is 14.4. The summed E-state index contributed by atoms with van der Waals surface area (Å²) in [5.41, 5.74) is 8.41. The molecule has 0 saturated heterocycles. The Labute approximate surface area is 120 Å². The van der Waals surface area contributed by atoms with Crippen LogP contribution in [0, 0.1) is 0 Å². The van der Waals surface area contributed by atoms with Gasteiger partial charge in [-0.25, -0.2) is 4.98 Å². The third-order valence-electron chi connectivity index (χ3n) is 3.55. The van der Waals surface area contributed by atoms with E-state index in [4.69, 9.17) is 10.5 Å². The molecule has 1 unspecified atom stereocenters. The Hall–Kier alpha value is -1.39. The number of hydrogen-bond acceptors (Lipinski definition) is 3. The van der Waals surface area contributed by atoms with E-state index in [0.717, 1.165) is 44.7 Å². The van der Waals surface area contributed by atoms with Crippen LogP contribution in [0.5, 0.6) is 0 Å². The zero-order valence-electron chi connectivity index (χ0n) is 12.5. The van der Waals surface area contributed by atoms with Crippen molar-refractivity contribution in [2.45, 2.75) is 45.7 Å². The summed E-state index contributed by atoms with van der Waals surface area (Å²) in [6.07, 6.45) is 6.98. The fourth-order valence-corrected chi connectivity index (χ4v) is 2.36. The topological polar surface area (TPSA) is 53.1 Å². The van der Waals surface area contributed by atoms with Gasteiger partial charge < -0.3 is 15.0 Å². The summed E-state index contributed by atoms with van der Waals surface area (Å²) >= 11 is 0. The first-order valence-electron chi connectivity index (χ1n) is 7.52. The molecule has 0 spiro atoms. The van der Waals surface area contributed by atoms with Crippen molar-refractivity contribution in [1.29, 1.82) is 0 Å². The van der Waals surface area contributed by atoms with E-state index in [1.807, 2.05) is 12.3 Å². The van der Waals surface area contributed by atoms with Gasteiger partial charge in [0, 0.05) is 37.0 Å².